The Bertz CT molecular complexity index is 782. The Morgan fingerprint density at radius 2 is 1.78 bits per heavy atom. The van der Waals surface area contributed by atoms with Gasteiger partial charge in [-0.2, -0.15) is 0 Å². The molecule has 5 heterocycles. The van der Waals surface area contributed by atoms with Gasteiger partial charge in [-0.05, 0) is 19.2 Å². The molecule has 0 spiro atoms. The molecule has 7 heteroatoms. The minimum atomic E-state index is 0.641. The van der Waals surface area contributed by atoms with Crippen molar-refractivity contribution in [3.63, 3.8) is 0 Å². The molecule has 0 amide bonds. The molecule has 0 unspecified atom stereocenters. The van der Waals surface area contributed by atoms with E-state index in [-0.39, 0.29) is 0 Å². The summed E-state index contributed by atoms with van der Waals surface area (Å²) >= 11 is 0. The van der Waals surface area contributed by atoms with Gasteiger partial charge in [-0.25, -0.2) is 15.0 Å². The van der Waals surface area contributed by atoms with Gasteiger partial charge >= 0.3 is 0 Å². The highest BCUT2D eigenvalue weighted by Gasteiger charge is 2.36. The first-order valence-electron chi connectivity index (χ1n) is 9.94. The zero-order chi connectivity index (χ0) is 18.2. The van der Waals surface area contributed by atoms with Crippen LogP contribution < -0.4 is 9.80 Å². The maximum absolute atomic E-state index is 4.63. The Hall–Kier alpha value is -2.25. The van der Waals surface area contributed by atoms with E-state index in [1.54, 1.807) is 6.33 Å². The van der Waals surface area contributed by atoms with Crippen molar-refractivity contribution in [2.75, 3.05) is 62.7 Å². The van der Waals surface area contributed by atoms with E-state index in [0.29, 0.717) is 6.04 Å². The molecule has 0 aliphatic carbocycles. The highest BCUT2D eigenvalue weighted by Crippen LogP contribution is 2.30. The quantitative estimate of drug-likeness (QED) is 0.800. The number of pyridine rings is 1. The van der Waals surface area contributed by atoms with Gasteiger partial charge in [0.15, 0.2) is 0 Å². The van der Waals surface area contributed by atoms with E-state index in [9.17, 15) is 0 Å². The summed E-state index contributed by atoms with van der Waals surface area (Å²) in [6.45, 7) is 8.55. The van der Waals surface area contributed by atoms with Crippen LogP contribution in [0.1, 0.15) is 11.3 Å². The fraction of sp³-hybridized carbons (Fsp3) is 0.550. The third kappa shape index (κ3) is 3.26. The second kappa shape index (κ2) is 7.05. The number of aromatic nitrogens is 3. The number of hydrogen-bond acceptors (Lipinski definition) is 7. The van der Waals surface area contributed by atoms with Gasteiger partial charge in [0.2, 0.25) is 0 Å². The van der Waals surface area contributed by atoms with Gasteiger partial charge < -0.3 is 14.7 Å². The Balaban J connectivity index is 1.19. The van der Waals surface area contributed by atoms with Gasteiger partial charge in [0.05, 0.1) is 5.69 Å². The molecule has 0 N–H and O–H groups in total. The molecule has 142 valence electrons. The van der Waals surface area contributed by atoms with Crippen LogP contribution in [0.25, 0.3) is 0 Å². The first kappa shape index (κ1) is 16.9. The largest absolute Gasteiger partial charge is 0.354 e. The molecule has 2 fully saturated rings. The van der Waals surface area contributed by atoms with E-state index in [0.717, 1.165) is 70.4 Å². The summed E-state index contributed by atoms with van der Waals surface area (Å²) in [7, 11) is 2.18. The molecular weight excluding hydrogens is 338 g/mol. The van der Waals surface area contributed by atoms with E-state index in [1.165, 1.54) is 11.3 Å². The highest BCUT2D eigenvalue weighted by molar-refractivity contribution is 5.52. The van der Waals surface area contributed by atoms with Gasteiger partial charge in [0.1, 0.15) is 18.0 Å². The maximum atomic E-state index is 4.63. The minimum absolute atomic E-state index is 0.641. The van der Waals surface area contributed by atoms with E-state index < -0.39 is 0 Å². The lowest BCUT2D eigenvalue weighted by molar-refractivity contribution is 0.156. The number of anilines is 2. The predicted molar refractivity (Wildman–Crippen MR) is 106 cm³/mol. The van der Waals surface area contributed by atoms with E-state index >= 15 is 0 Å². The van der Waals surface area contributed by atoms with Crippen LogP contribution in [0, 0.1) is 0 Å². The third-order valence-electron chi connectivity index (χ3n) is 6.14. The summed E-state index contributed by atoms with van der Waals surface area (Å²) in [4.78, 5) is 23.5. The third-order valence-corrected chi connectivity index (χ3v) is 6.14. The summed E-state index contributed by atoms with van der Waals surface area (Å²) in [5.41, 5.74) is 2.58. The second-order valence-corrected chi connectivity index (χ2v) is 7.88. The second-order valence-electron chi connectivity index (χ2n) is 7.88. The molecule has 2 aromatic rings. The van der Waals surface area contributed by atoms with Crippen LogP contribution in [0.4, 0.5) is 11.6 Å². The predicted octanol–water partition coefficient (Wildman–Crippen LogP) is 0.870. The van der Waals surface area contributed by atoms with Crippen LogP contribution in [0.5, 0.6) is 0 Å². The summed E-state index contributed by atoms with van der Waals surface area (Å²) < 4.78 is 0. The molecule has 0 aromatic carbocycles. The van der Waals surface area contributed by atoms with Gasteiger partial charge in [0.25, 0.3) is 0 Å². The van der Waals surface area contributed by atoms with Crippen molar-refractivity contribution < 1.29 is 0 Å². The monoisotopic (exact) mass is 365 g/mol. The fourth-order valence-electron chi connectivity index (χ4n) is 4.45. The fourth-order valence-corrected chi connectivity index (χ4v) is 4.45. The Morgan fingerprint density at radius 3 is 2.56 bits per heavy atom. The number of likely N-dealkylation sites (N-methyl/N-ethyl adjacent to an activating group) is 1. The number of hydrogen-bond donors (Lipinski definition) is 0. The van der Waals surface area contributed by atoms with Gasteiger partial charge in [0, 0.05) is 76.6 Å². The van der Waals surface area contributed by atoms with Crippen molar-refractivity contribution in [1.82, 2.24) is 24.8 Å². The molecular formula is C20H27N7. The van der Waals surface area contributed by atoms with Crippen LogP contribution >= 0.6 is 0 Å². The van der Waals surface area contributed by atoms with Crippen molar-refractivity contribution in [3.8, 4) is 0 Å². The van der Waals surface area contributed by atoms with Crippen LogP contribution in [-0.2, 0) is 13.0 Å². The lowest BCUT2D eigenvalue weighted by atomic mass is 10.0. The Kier molecular flexibility index (Phi) is 4.41. The van der Waals surface area contributed by atoms with Gasteiger partial charge in [-0.3, -0.25) is 4.90 Å². The molecule has 0 bridgehead atoms. The van der Waals surface area contributed by atoms with Crippen molar-refractivity contribution in [2.45, 2.75) is 19.0 Å². The smallest absolute Gasteiger partial charge is 0.136 e. The standard InChI is InChI=1S/C20H27N7/c1-24-7-5-18-17(14-24)20(23-15-22-18)27-12-16(13-27)25-8-10-26(11-9-25)19-4-2-3-6-21-19/h2-4,6,15-16H,5,7-14H2,1H3. The summed E-state index contributed by atoms with van der Waals surface area (Å²) in [6.07, 6.45) is 4.66. The zero-order valence-electron chi connectivity index (χ0n) is 16.0. The van der Waals surface area contributed by atoms with Crippen LogP contribution in [0.2, 0.25) is 0 Å². The average molecular weight is 365 g/mol. The SMILES string of the molecule is CN1CCc2ncnc(N3CC(N4CCN(c5ccccn5)CC4)C3)c2C1. The molecule has 3 aliphatic heterocycles. The number of piperazine rings is 1. The van der Waals surface area contributed by atoms with Gasteiger partial charge in [-0.1, -0.05) is 6.07 Å². The minimum Gasteiger partial charge on any atom is -0.354 e. The number of fused-ring (bicyclic) bond motifs is 1. The van der Waals surface area contributed by atoms with Crippen LogP contribution in [0.15, 0.2) is 30.7 Å². The lowest BCUT2D eigenvalue weighted by Gasteiger charge is -2.49. The Labute approximate surface area is 160 Å². The molecule has 0 atom stereocenters. The summed E-state index contributed by atoms with van der Waals surface area (Å²) in [6, 6.07) is 6.79. The molecule has 0 radical (unpaired) electrons. The van der Waals surface area contributed by atoms with Crippen molar-refractivity contribution in [3.05, 3.63) is 42.0 Å². The first-order chi connectivity index (χ1) is 13.3. The van der Waals surface area contributed by atoms with E-state index in [2.05, 4.69) is 53.7 Å². The van der Waals surface area contributed by atoms with Crippen LogP contribution in [-0.4, -0.2) is 83.7 Å². The molecule has 5 rings (SSSR count). The molecule has 27 heavy (non-hydrogen) atoms. The maximum Gasteiger partial charge on any atom is 0.136 e. The summed E-state index contributed by atoms with van der Waals surface area (Å²) in [5.74, 6) is 2.26. The highest BCUT2D eigenvalue weighted by atomic mass is 15.4. The van der Waals surface area contributed by atoms with Crippen molar-refractivity contribution in [2.24, 2.45) is 0 Å². The van der Waals surface area contributed by atoms with E-state index in [1.807, 2.05) is 12.3 Å². The van der Waals surface area contributed by atoms with Crippen LogP contribution in [0.3, 0.4) is 0 Å². The molecule has 3 aliphatic rings. The topological polar surface area (TPSA) is 51.6 Å². The first-order valence-corrected chi connectivity index (χ1v) is 9.94. The molecule has 2 aromatic heterocycles. The Morgan fingerprint density at radius 1 is 0.926 bits per heavy atom. The average Bonchev–Trinajstić information content (AvgIpc) is 2.68. The molecule has 2 saturated heterocycles. The van der Waals surface area contributed by atoms with E-state index in [4.69, 9.17) is 0 Å². The number of rotatable bonds is 3. The lowest BCUT2D eigenvalue weighted by Crippen LogP contribution is -2.63. The zero-order valence-corrected chi connectivity index (χ0v) is 16.0. The normalized spacial score (nSPS) is 21.8. The number of nitrogens with zero attached hydrogens (tertiary/aromatic N) is 7. The molecule has 7 nitrogen and oxygen atoms in total. The van der Waals surface area contributed by atoms with Crippen molar-refractivity contribution in [1.29, 1.82) is 0 Å². The van der Waals surface area contributed by atoms with Crippen molar-refractivity contribution >= 4 is 11.6 Å². The molecule has 0 saturated carbocycles. The van der Waals surface area contributed by atoms with Gasteiger partial charge in [-0.15, -0.1) is 0 Å². The summed E-state index contributed by atoms with van der Waals surface area (Å²) in [5, 5.41) is 0.